The number of hydrogen-bond acceptors (Lipinski definition) is 3. The van der Waals surface area contributed by atoms with E-state index < -0.39 is 0 Å². The van der Waals surface area contributed by atoms with Crippen LogP contribution < -0.4 is 5.32 Å². The maximum atomic E-state index is 6.01. The molecular formula is C13H13ClN2O. The van der Waals surface area contributed by atoms with E-state index in [1.807, 2.05) is 24.3 Å². The highest BCUT2D eigenvalue weighted by atomic mass is 35.5. The lowest BCUT2D eigenvalue weighted by atomic mass is 10.0. The maximum Gasteiger partial charge on any atom is 0.141 e. The fourth-order valence-corrected chi connectivity index (χ4v) is 2.39. The lowest BCUT2D eigenvalue weighted by Gasteiger charge is -2.01. The van der Waals surface area contributed by atoms with Crippen LogP contribution >= 0.6 is 11.6 Å². The first kappa shape index (κ1) is 10.8. The zero-order valence-corrected chi connectivity index (χ0v) is 10.1. The van der Waals surface area contributed by atoms with Crippen LogP contribution in [0.15, 0.2) is 28.8 Å². The van der Waals surface area contributed by atoms with Gasteiger partial charge < -0.3 is 9.84 Å². The lowest BCUT2D eigenvalue weighted by molar-refractivity contribution is 0.384. The van der Waals surface area contributed by atoms with Gasteiger partial charge in [0.2, 0.25) is 0 Å². The molecule has 3 rings (SSSR count). The maximum absolute atomic E-state index is 6.01. The molecule has 0 aliphatic carbocycles. The summed E-state index contributed by atoms with van der Waals surface area (Å²) < 4.78 is 5.43. The molecule has 0 spiro atoms. The Hall–Kier alpha value is -1.32. The van der Waals surface area contributed by atoms with Crippen molar-refractivity contribution in [2.75, 3.05) is 13.1 Å². The van der Waals surface area contributed by atoms with E-state index in [9.17, 15) is 0 Å². The molecule has 0 saturated heterocycles. The molecule has 0 bridgehead atoms. The minimum absolute atomic E-state index is 0.728. The number of rotatable bonds is 1. The molecule has 3 nitrogen and oxygen atoms in total. The summed E-state index contributed by atoms with van der Waals surface area (Å²) in [5.41, 5.74) is 3.19. The van der Waals surface area contributed by atoms with Gasteiger partial charge in [0.15, 0.2) is 0 Å². The number of hydrogen-bond donors (Lipinski definition) is 1. The summed E-state index contributed by atoms with van der Waals surface area (Å²) in [5.74, 6) is 1.00. The van der Waals surface area contributed by atoms with Gasteiger partial charge in [-0.2, -0.15) is 0 Å². The second kappa shape index (κ2) is 4.51. The molecule has 0 radical (unpaired) electrons. The summed E-state index contributed by atoms with van der Waals surface area (Å²) in [7, 11) is 0. The van der Waals surface area contributed by atoms with E-state index in [0.717, 1.165) is 48.0 Å². The summed E-state index contributed by atoms with van der Waals surface area (Å²) in [6, 6.07) is 7.75. The summed E-state index contributed by atoms with van der Waals surface area (Å²) in [5, 5.41) is 8.27. The Kier molecular flexibility index (Phi) is 2.87. The van der Waals surface area contributed by atoms with Crippen molar-refractivity contribution in [3.63, 3.8) is 0 Å². The average molecular weight is 249 g/mol. The molecule has 88 valence electrons. The van der Waals surface area contributed by atoms with Gasteiger partial charge in [-0.05, 0) is 25.1 Å². The van der Waals surface area contributed by atoms with Gasteiger partial charge in [0.1, 0.15) is 11.5 Å². The van der Waals surface area contributed by atoms with E-state index in [4.69, 9.17) is 16.1 Å². The fourth-order valence-electron chi connectivity index (χ4n) is 2.20. The normalized spacial score (nSPS) is 15.4. The zero-order valence-electron chi connectivity index (χ0n) is 9.37. The fraction of sp³-hybridized carbons (Fsp3) is 0.308. The number of halogens is 1. The van der Waals surface area contributed by atoms with Crippen LogP contribution in [-0.4, -0.2) is 18.2 Å². The molecule has 1 aliphatic heterocycles. The Morgan fingerprint density at radius 3 is 3.00 bits per heavy atom. The molecule has 0 amide bonds. The van der Waals surface area contributed by atoms with Gasteiger partial charge in [0.05, 0.1) is 0 Å². The molecule has 2 aromatic rings. The van der Waals surface area contributed by atoms with Crippen molar-refractivity contribution in [2.45, 2.75) is 12.8 Å². The predicted octanol–water partition coefficient (Wildman–Crippen LogP) is 2.68. The molecule has 1 N–H and O–H groups in total. The topological polar surface area (TPSA) is 38.1 Å². The van der Waals surface area contributed by atoms with E-state index in [2.05, 4.69) is 10.5 Å². The third-order valence-corrected chi connectivity index (χ3v) is 3.28. The molecule has 0 fully saturated rings. The van der Waals surface area contributed by atoms with Gasteiger partial charge in [-0.15, -0.1) is 0 Å². The van der Waals surface area contributed by atoms with Crippen LogP contribution in [0.3, 0.4) is 0 Å². The molecule has 0 saturated carbocycles. The summed E-state index contributed by atoms with van der Waals surface area (Å²) >= 11 is 6.01. The summed E-state index contributed by atoms with van der Waals surface area (Å²) in [4.78, 5) is 0. The van der Waals surface area contributed by atoms with Crippen molar-refractivity contribution < 1.29 is 4.52 Å². The quantitative estimate of drug-likeness (QED) is 0.843. The molecule has 2 heterocycles. The van der Waals surface area contributed by atoms with Gasteiger partial charge in [-0.3, -0.25) is 0 Å². The Bertz CT molecular complexity index is 536. The SMILES string of the molecule is Clc1cccc(-c2noc3c2CCNCC3)c1. The van der Waals surface area contributed by atoms with E-state index in [1.165, 1.54) is 5.56 Å². The Labute approximate surface area is 105 Å². The van der Waals surface area contributed by atoms with E-state index in [1.54, 1.807) is 0 Å². The van der Waals surface area contributed by atoms with E-state index in [0.29, 0.717) is 0 Å². The van der Waals surface area contributed by atoms with Crippen molar-refractivity contribution in [3.05, 3.63) is 40.6 Å². The zero-order chi connectivity index (χ0) is 11.7. The van der Waals surface area contributed by atoms with Gasteiger partial charge in [0, 0.05) is 29.1 Å². The van der Waals surface area contributed by atoms with Crippen molar-refractivity contribution in [1.29, 1.82) is 0 Å². The van der Waals surface area contributed by atoms with Crippen LogP contribution in [-0.2, 0) is 12.8 Å². The first-order valence-corrected chi connectivity index (χ1v) is 6.16. The molecule has 1 aromatic heterocycles. The average Bonchev–Trinajstić information content (AvgIpc) is 2.59. The van der Waals surface area contributed by atoms with Crippen molar-refractivity contribution in [1.82, 2.24) is 10.5 Å². The van der Waals surface area contributed by atoms with Gasteiger partial charge in [-0.1, -0.05) is 28.9 Å². The van der Waals surface area contributed by atoms with Gasteiger partial charge in [0.25, 0.3) is 0 Å². The molecular weight excluding hydrogens is 236 g/mol. The highest BCUT2D eigenvalue weighted by molar-refractivity contribution is 6.30. The molecule has 4 heteroatoms. The van der Waals surface area contributed by atoms with Crippen molar-refractivity contribution in [3.8, 4) is 11.3 Å². The number of nitrogens with zero attached hydrogens (tertiary/aromatic N) is 1. The lowest BCUT2D eigenvalue weighted by Crippen LogP contribution is -2.16. The highest BCUT2D eigenvalue weighted by Crippen LogP contribution is 2.28. The Morgan fingerprint density at radius 2 is 2.12 bits per heavy atom. The number of aromatic nitrogens is 1. The molecule has 1 aromatic carbocycles. The predicted molar refractivity (Wildman–Crippen MR) is 67.2 cm³/mol. The highest BCUT2D eigenvalue weighted by Gasteiger charge is 2.18. The Balaban J connectivity index is 2.06. The van der Waals surface area contributed by atoms with Gasteiger partial charge in [-0.25, -0.2) is 0 Å². The van der Waals surface area contributed by atoms with E-state index >= 15 is 0 Å². The second-order valence-corrected chi connectivity index (χ2v) is 4.63. The first-order chi connectivity index (χ1) is 8.34. The minimum atomic E-state index is 0.728. The number of nitrogens with one attached hydrogen (secondary N) is 1. The molecule has 0 atom stereocenters. The molecule has 17 heavy (non-hydrogen) atoms. The monoisotopic (exact) mass is 248 g/mol. The summed E-state index contributed by atoms with van der Waals surface area (Å²) in [6.45, 7) is 1.93. The van der Waals surface area contributed by atoms with E-state index in [-0.39, 0.29) is 0 Å². The number of fused-ring (bicyclic) bond motifs is 1. The Morgan fingerprint density at radius 1 is 1.24 bits per heavy atom. The van der Waals surface area contributed by atoms with Crippen LogP contribution in [0.5, 0.6) is 0 Å². The third-order valence-electron chi connectivity index (χ3n) is 3.05. The van der Waals surface area contributed by atoms with Crippen molar-refractivity contribution in [2.24, 2.45) is 0 Å². The van der Waals surface area contributed by atoms with Gasteiger partial charge >= 0.3 is 0 Å². The van der Waals surface area contributed by atoms with Crippen LogP contribution in [0, 0.1) is 0 Å². The third kappa shape index (κ3) is 2.08. The minimum Gasteiger partial charge on any atom is -0.360 e. The second-order valence-electron chi connectivity index (χ2n) is 4.19. The molecule has 1 aliphatic rings. The van der Waals surface area contributed by atoms with Crippen LogP contribution in [0.4, 0.5) is 0 Å². The van der Waals surface area contributed by atoms with Crippen LogP contribution in [0.2, 0.25) is 5.02 Å². The molecule has 0 unspecified atom stereocenters. The number of benzene rings is 1. The van der Waals surface area contributed by atoms with Crippen LogP contribution in [0.25, 0.3) is 11.3 Å². The largest absolute Gasteiger partial charge is 0.360 e. The van der Waals surface area contributed by atoms with Crippen LogP contribution in [0.1, 0.15) is 11.3 Å². The first-order valence-electron chi connectivity index (χ1n) is 5.78. The smallest absolute Gasteiger partial charge is 0.141 e. The standard InChI is InChI=1S/C13H13ClN2O/c14-10-3-1-2-9(8-10)13-11-4-6-15-7-5-12(11)17-16-13/h1-3,8,15H,4-7H2. The van der Waals surface area contributed by atoms with Crippen molar-refractivity contribution >= 4 is 11.6 Å². The summed E-state index contributed by atoms with van der Waals surface area (Å²) in [6.07, 6.45) is 1.86.